The lowest BCUT2D eigenvalue weighted by molar-refractivity contribution is -0.145. The number of rotatable bonds is 7. The Kier molecular flexibility index (Phi) is 7.39. The van der Waals surface area contributed by atoms with Crippen LogP contribution in [-0.2, 0) is 9.53 Å². The Morgan fingerprint density at radius 1 is 1.32 bits per heavy atom. The molecule has 1 saturated carbocycles. The van der Waals surface area contributed by atoms with Gasteiger partial charge >= 0.3 is 5.97 Å². The quantitative estimate of drug-likeness (QED) is 0.721. The normalized spacial score (nSPS) is 25.3. The van der Waals surface area contributed by atoms with Gasteiger partial charge in [-0.15, -0.1) is 0 Å². The first kappa shape index (κ1) is 16.4. The average molecular weight is 271 g/mol. The van der Waals surface area contributed by atoms with Crippen molar-refractivity contribution in [1.82, 2.24) is 4.90 Å². The van der Waals surface area contributed by atoms with Gasteiger partial charge in [-0.2, -0.15) is 0 Å². The van der Waals surface area contributed by atoms with Crippen molar-refractivity contribution in [3.8, 4) is 0 Å². The van der Waals surface area contributed by atoms with Crippen LogP contribution in [0.5, 0.6) is 0 Å². The van der Waals surface area contributed by atoms with Gasteiger partial charge in [0.1, 0.15) is 0 Å². The summed E-state index contributed by atoms with van der Waals surface area (Å²) >= 11 is 0. The zero-order valence-electron chi connectivity index (χ0n) is 12.6. The lowest BCUT2D eigenvalue weighted by atomic mass is 9.84. The molecule has 0 heterocycles. The van der Waals surface area contributed by atoms with Gasteiger partial charge in [-0.25, -0.2) is 0 Å². The molecule has 0 spiro atoms. The van der Waals surface area contributed by atoms with Crippen LogP contribution >= 0.6 is 0 Å². The number of esters is 1. The summed E-state index contributed by atoms with van der Waals surface area (Å²) in [5.74, 6) is 0.576. The van der Waals surface area contributed by atoms with E-state index in [2.05, 4.69) is 11.8 Å². The van der Waals surface area contributed by atoms with E-state index in [-0.39, 0.29) is 12.4 Å². The highest BCUT2D eigenvalue weighted by atomic mass is 16.5. The van der Waals surface area contributed by atoms with Crippen LogP contribution in [0.2, 0.25) is 0 Å². The molecule has 0 aromatic rings. The number of carbonyl (C=O) groups excluding carboxylic acids is 1. The Morgan fingerprint density at radius 2 is 1.95 bits per heavy atom. The number of nitrogens with zero attached hydrogens (tertiary/aromatic N) is 1. The van der Waals surface area contributed by atoms with Crippen molar-refractivity contribution >= 4 is 5.97 Å². The third-order valence-corrected chi connectivity index (χ3v) is 4.22. The number of likely N-dealkylation sites (N-methyl/N-ethyl adjacent to an activating group) is 1. The largest absolute Gasteiger partial charge is 0.466 e. The van der Waals surface area contributed by atoms with Gasteiger partial charge < -0.3 is 14.7 Å². The molecular weight excluding hydrogens is 242 g/mol. The number of hydrogen-bond acceptors (Lipinski definition) is 4. The number of hydrogen-bond donors (Lipinski definition) is 1. The average Bonchev–Trinajstić information content (AvgIpc) is 2.38. The molecule has 0 aromatic heterocycles. The maximum absolute atomic E-state index is 11.3. The standard InChI is InChI=1S/C15H29NO3/c1-4-12-6-8-13(9-7-12)16(3)11-14(17)10-15(18)19-5-2/h12-14,17H,4-11H2,1-3H3. The number of aliphatic hydroxyl groups excluding tert-OH is 1. The van der Waals surface area contributed by atoms with Crippen molar-refractivity contribution < 1.29 is 14.6 Å². The van der Waals surface area contributed by atoms with Gasteiger partial charge in [-0.1, -0.05) is 13.3 Å². The summed E-state index contributed by atoms with van der Waals surface area (Å²) in [6.07, 6.45) is 5.76. The van der Waals surface area contributed by atoms with Crippen LogP contribution in [0.4, 0.5) is 0 Å². The van der Waals surface area contributed by atoms with Gasteiger partial charge in [0.25, 0.3) is 0 Å². The predicted molar refractivity (Wildman–Crippen MR) is 75.9 cm³/mol. The van der Waals surface area contributed by atoms with Crippen molar-refractivity contribution in [3.63, 3.8) is 0 Å². The topological polar surface area (TPSA) is 49.8 Å². The van der Waals surface area contributed by atoms with Crippen LogP contribution in [0, 0.1) is 5.92 Å². The lowest BCUT2D eigenvalue weighted by Gasteiger charge is -2.35. The molecule has 0 saturated heterocycles. The summed E-state index contributed by atoms with van der Waals surface area (Å²) in [5, 5.41) is 9.90. The Hall–Kier alpha value is -0.610. The lowest BCUT2D eigenvalue weighted by Crippen LogP contribution is -2.40. The zero-order chi connectivity index (χ0) is 14.3. The van der Waals surface area contributed by atoms with Crippen LogP contribution in [0.3, 0.4) is 0 Å². The van der Waals surface area contributed by atoms with E-state index in [0.29, 0.717) is 19.2 Å². The van der Waals surface area contributed by atoms with Crippen molar-refractivity contribution in [1.29, 1.82) is 0 Å². The molecule has 1 aliphatic carbocycles. The first-order valence-electron chi connectivity index (χ1n) is 7.60. The van der Waals surface area contributed by atoms with E-state index in [4.69, 9.17) is 4.74 Å². The fraction of sp³-hybridized carbons (Fsp3) is 0.933. The minimum absolute atomic E-state index is 0.0997. The Morgan fingerprint density at radius 3 is 2.47 bits per heavy atom. The van der Waals surface area contributed by atoms with E-state index < -0.39 is 6.10 Å². The molecule has 1 atom stereocenters. The summed E-state index contributed by atoms with van der Waals surface area (Å²) in [5.41, 5.74) is 0. The summed E-state index contributed by atoms with van der Waals surface area (Å²) in [7, 11) is 2.05. The molecule has 19 heavy (non-hydrogen) atoms. The van der Waals surface area contributed by atoms with Gasteiger partial charge in [0.2, 0.25) is 0 Å². The van der Waals surface area contributed by atoms with Gasteiger partial charge in [0.15, 0.2) is 0 Å². The van der Waals surface area contributed by atoms with E-state index >= 15 is 0 Å². The molecule has 0 radical (unpaired) electrons. The highest BCUT2D eigenvalue weighted by molar-refractivity contribution is 5.69. The Labute approximate surface area is 117 Å². The van der Waals surface area contributed by atoms with Crippen LogP contribution < -0.4 is 0 Å². The van der Waals surface area contributed by atoms with Crippen LogP contribution in [-0.4, -0.2) is 48.3 Å². The van der Waals surface area contributed by atoms with E-state index in [1.165, 1.54) is 32.1 Å². The summed E-state index contributed by atoms with van der Waals surface area (Å²) in [4.78, 5) is 13.5. The number of aliphatic hydroxyl groups is 1. The monoisotopic (exact) mass is 271 g/mol. The fourth-order valence-electron chi connectivity index (χ4n) is 2.95. The molecular formula is C15H29NO3. The first-order chi connectivity index (χ1) is 9.06. The minimum atomic E-state index is -0.618. The van der Waals surface area contributed by atoms with E-state index in [1.54, 1.807) is 6.92 Å². The van der Waals surface area contributed by atoms with Crippen LogP contribution in [0.25, 0.3) is 0 Å². The van der Waals surface area contributed by atoms with Gasteiger partial charge in [-0.05, 0) is 45.6 Å². The molecule has 4 nitrogen and oxygen atoms in total. The number of ether oxygens (including phenoxy) is 1. The molecule has 0 aromatic carbocycles. The Bertz CT molecular complexity index is 262. The molecule has 0 aliphatic heterocycles. The smallest absolute Gasteiger partial charge is 0.308 e. The molecule has 0 bridgehead atoms. The second-order valence-electron chi connectivity index (χ2n) is 5.69. The van der Waals surface area contributed by atoms with Crippen molar-refractivity contribution in [2.45, 2.75) is 64.5 Å². The van der Waals surface area contributed by atoms with Gasteiger partial charge in [0.05, 0.1) is 19.1 Å². The third kappa shape index (κ3) is 5.91. The molecule has 4 heteroatoms. The second kappa shape index (κ2) is 8.54. The SMILES string of the molecule is CCOC(=O)CC(O)CN(C)C1CCC(CC)CC1. The summed E-state index contributed by atoms with van der Waals surface area (Å²) < 4.78 is 4.85. The fourth-order valence-corrected chi connectivity index (χ4v) is 2.95. The summed E-state index contributed by atoms with van der Waals surface area (Å²) in [6.45, 7) is 4.98. The molecule has 0 amide bonds. The molecule has 1 N–H and O–H groups in total. The van der Waals surface area contributed by atoms with Crippen LogP contribution in [0.1, 0.15) is 52.4 Å². The molecule has 1 unspecified atom stereocenters. The third-order valence-electron chi connectivity index (χ3n) is 4.22. The van der Waals surface area contributed by atoms with Crippen molar-refractivity contribution in [2.75, 3.05) is 20.2 Å². The first-order valence-corrected chi connectivity index (χ1v) is 7.60. The maximum Gasteiger partial charge on any atom is 0.308 e. The van der Waals surface area contributed by atoms with Crippen molar-refractivity contribution in [2.24, 2.45) is 5.92 Å². The minimum Gasteiger partial charge on any atom is -0.466 e. The van der Waals surface area contributed by atoms with E-state index in [0.717, 1.165) is 5.92 Å². The zero-order valence-corrected chi connectivity index (χ0v) is 12.6. The highest BCUT2D eigenvalue weighted by Crippen LogP contribution is 2.28. The van der Waals surface area contributed by atoms with Gasteiger partial charge in [0, 0.05) is 12.6 Å². The predicted octanol–water partition coefficient (Wildman–Crippen LogP) is 2.20. The molecule has 1 aliphatic rings. The van der Waals surface area contributed by atoms with E-state index in [1.807, 2.05) is 7.05 Å². The Balaban J connectivity index is 2.26. The summed E-state index contributed by atoms with van der Waals surface area (Å²) in [6, 6.07) is 0.555. The van der Waals surface area contributed by atoms with E-state index in [9.17, 15) is 9.90 Å². The van der Waals surface area contributed by atoms with Crippen molar-refractivity contribution in [3.05, 3.63) is 0 Å². The molecule has 1 rings (SSSR count). The van der Waals surface area contributed by atoms with Crippen LogP contribution in [0.15, 0.2) is 0 Å². The number of carbonyl (C=O) groups is 1. The van der Waals surface area contributed by atoms with Gasteiger partial charge in [-0.3, -0.25) is 4.79 Å². The second-order valence-corrected chi connectivity index (χ2v) is 5.69. The molecule has 1 fully saturated rings. The maximum atomic E-state index is 11.3. The molecule has 112 valence electrons. The highest BCUT2D eigenvalue weighted by Gasteiger charge is 2.24.